The summed E-state index contributed by atoms with van der Waals surface area (Å²) in [4.78, 5) is 13.4. The minimum atomic E-state index is 0.450. The van der Waals surface area contributed by atoms with Crippen LogP contribution in [-0.4, -0.2) is 28.5 Å². The quantitative estimate of drug-likeness (QED) is 0.783. The molecule has 0 spiro atoms. The molecule has 0 aliphatic rings. The second-order valence-corrected chi connectivity index (χ2v) is 3.71. The van der Waals surface area contributed by atoms with E-state index in [9.17, 15) is 0 Å². The summed E-state index contributed by atoms with van der Waals surface area (Å²) in [6, 6.07) is 7.81. The van der Waals surface area contributed by atoms with Gasteiger partial charge in [0.15, 0.2) is 0 Å². The van der Waals surface area contributed by atoms with Gasteiger partial charge in [0, 0.05) is 25.9 Å². The summed E-state index contributed by atoms with van der Waals surface area (Å²) in [5.41, 5.74) is 0. The molecule has 2 aromatic heterocycles. The first-order valence-corrected chi connectivity index (χ1v) is 5.61. The Morgan fingerprint density at radius 3 is 3.11 bits per heavy atom. The van der Waals surface area contributed by atoms with Crippen molar-refractivity contribution in [1.82, 2.24) is 15.0 Å². The SMILES string of the molecule is CN(c1cc(NCCC#N)ncn1)c1ccc[nH]1. The number of rotatable bonds is 5. The lowest BCUT2D eigenvalue weighted by atomic mass is 10.4. The van der Waals surface area contributed by atoms with E-state index < -0.39 is 0 Å². The molecular weight excluding hydrogens is 228 g/mol. The minimum absolute atomic E-state index is 0.450. The average molecular weight is 242 g/mol. The van der Waals surface area contributed by atoms with E-state index in [1.807, 2.05) is 36.3 Å². The van der Waals surface area contributed by atoms with Gasteiger partial charge in [0.2, 0.25) is 0 Å². The number of nitrogens with zero attached hydrogens (tertiary/aromatic N) is 4. The number of aromatic nitrogens is 3. The van der Waals surface area contributed by atoms with Crippen LogP contribution >= 0.6 is 0 Å². The van der Waals surface area contributed by atoms with E-state index in [0.29, 0.717) is 18.8 Å². The van der Waals surface area contributed by atoms with Gasteiger partial charge in [-0.1, -0.05) is 0 Å². The van der Waals surface area contributed by atoms with Crippen LogP contribution in [0.5, 0.6) is 0 Å². The van der Waals surface area contributed by atoms with Crippen LogP contribution in [0.4, 0.5) is 17.5 Å². The molecule has 0 aliphatic heterocycles. The molecule has 0 aromatic carbocycles. The fraction of sp³-hybridized carbons (Fsp3) is 0.250. The van der Waals surface area contributed by atoms with Gasteiger partial charge >= 0.3 is 0 Å². The lowest BCUT2D eigenvalue weighted by molar-refractivity contribution is 1.02. The molecule has 2 N–H and O–H groups in total. The number of hydrogen-bond donors (Lipinski definition) is 2. The van der Waals surface area contributed by atoms with E-state index in [1.54, 1.807) is 0 Å². The Balaban J connectivity index is 2.10. The zero-order chi connectivity index (χ0) is 12.8. The van der Waals surface area contributed by atoms with Crippen LogP contribution < -0.4 is 10.2 Å². The highest BCUT2D eigenvalue weighted by Gasteiger charge is 2.06. The van der Waals surface area contributed by atoms with Crippen molar-refractivity contribution in [1.29, 1.82) is 5.26 Å². The molecule has 0 amide bonds. The van der Waals surface area contributed by atoms with Crippen molar-refractivity contribution < 1.29 is 0 Å². The normalized spacial score (nSPS) is 9.78. The molecule has 0 aliphatic carbocycles. The Labute approximate surface area is 105 Å². The number of nitrogens with one attached hydrogen (secondary N) is 2. The average Bonchev–Trinajstić information content (AvgIpc) is 2.92. The second-order valence-electron chi connectivity index (χ2n) is 3.71. The molecule has 6 heteroatoms. The molecule has 0 atom stereocenters. The number of aromatic amines is 1. The Morgan fingerprint density at radius 1 is 1.50 bits per heavy atom. The first-order valence-electron chi connectivity index (χ1n) is 5.61. The monoisotopic (exact) mass is 242 g/mol. The fourth-order valence-electron chi connectivity index (χ4n) is 1.53. The Morgan fingerprint density at radius 2 is 2.39 bits per heavy atom. The van der Waals surface area contributed by atoms with Crippen molar-refractivity contribution in [2.24, 2.45) is 0 Å². The van der Waals surface area contributed by atoms with E-state index in [-0.39, 0.29) is 0 Å². The van der Waals surface area contributed by atoms with Crippen molar-refractivity contribution in [3.8, 4) is 6.07 Å². The van der Waals surface area contributed by atoms with Crippen molar-refractivity contribution in [3.63, 3.8) is 0 Å². The predicted molar refractivity (Wildman–Crippen MR) is 69.6 cm³/mol. The van der Waals surface area contributed by atoms with Crippen LogP contribution in [0.15, 0.2) is 30.7 Å². The third-order valence-corrected chi connectivity index (χ3v) is 2.48. The van der Waals surface area contributed by atoms with Gasteiger partial charge in [-0.3, -0.25) is 0 Å². The van der Waals surface area contributed by atoms with Gasteiger partial charge in [0.25, 0.3) is 0 Å². The number of hydrogen-bond acceptors (Lipinski definition) is 5. The number of anilines is 3. The van der Waals surface area contributed by atoms with Gasteiger partial charge in [-0.15, -0.1) is 0 Å². The van der Waals surface area contributed by atoms with Gasteiger partial charge in [0.05, 0.1) is 12.5 Å². The highest BCUT2D eigenvalue weighted by molar-refractivity contribution is 5.58. The molecule has 18 heavy (non-hydrogen) atoms. The third-order valence-electron chi connectivity index (χ3n) is 2.48. The molecule has 0 radical (unpaired) electrons. The van der Waals surface area contributed by atoms with E-state index in [4.69, 9.17) is 5.26 Å². The van der Waals surface area contributed by atoms with Gasteiger partial charge in [-0.25, -0.2) is 9.97 Å². The van der Waals surface area contributed by atoms with Crippen LogP contribution in [0.3, 0.4) is 0 Å². The fourth-order valence-corrected chi connectivity index (χ4v) is 1.53. The van der Waals surface area contributed by atoms with E-state index in [2.05, 4.69) is 26.3 Å². The van der Waals surface area contributed by atoms with Crippen molar-refractivity contribution in [2.75, 3.05) is 23.8 Å². The molecule has 0 fully saturated rings. The Bertz CT molecular complexity index is 528. The summed E-state index contributed by atoms with van der Waals surface area (Å²) >= 11 is 0. The molecule has 92 valence electrons. The first-order chi connectivity index (χ1) is 8.81. The van der Waals surface area contributed by atoms with Gasteiger partial charge in [0.1, 0.15) is 23.8 Å². The highest BCUT2D eigenvalue weighted by Crippen LogP contribution is 2.20. The lowest BCUT2D eigenvalue weighted by Crippen LogP contribution is -2.12. The summed E-state index contributed by atoms with van der Waals surface area (Å²) in [5, 5.41) is 11.6. The van der Waals surface area contributed by atoms with Gasteiger partial charge in [-0.05, 0) is 12.1 Å². The maximum absolute atomic E-state index is 8.48. The van der Waals surface area contributed by atoms with E-state index in [1.165, 1.54) is 6.33 Å². The Kier molecular flexibility index (Phi) is 3.76. The minimum Gasteiger partial charge on any atom is -0.369 e. The second kappa shape index (κ2) is 5.68. The summed E-state index contributed by atoms with van der Waals surface area (Å²) in [6.45, 7) is 0.583. The van der Waals surface area contributed by atoms with Crippen LogP contribution in [0.25, 0.3) is 0 Å². The zero-order valence-electron chi connectivity index (χ0n) is 10.1. The molecule has 2 heterocycles. The summed E-state index contributed by atoms with van der Waals surface area (Å²) in [5.74, 6) is 2.46. The summed E-state index contributed by atoms with van der Waals surface area (Å²) < 4.78 is 0. The molecule has 6 nitrogen and oxygen atoms in total. The van der Waals surface area contributed by atoms with Crippen LogP contribution in [-0.2, 0) is 0 Å². The largest absolute Gasteiger partial charge is 0.369 e. The molecular formula is C12H14N6. The maximum atomic E-state index is 8.48. The van der Waals surface area contributed by atoms with Gasteiger partial charge in [-0.2, -0.15) is 5.26 Å². The maximum Gasteiger partial charge on any atom is 0.139 e. The van der Waals surface area contributed by atoms with E-state index in [0.717, 1.165) is 11.6 Å². The van der Waals surface area contributed by atoms with Crippen molar-refractivity contribution in [2.45, 2.75) is 6.42 Å². The van der Waals surface area contributed by atoms with Crippen LogP contribution in [0.2, 0.25) is 0 Å². The van der Waals surface area contributed by atoms with Crippen molar-refractivity contribution in [3.05, 3.63) is 30.7 Å². The first kappa shape index (κ1) is 11.9. The Hall–Kier alpha value is -2.55. The lowest BCUT2D eigenvalue weighted by Gasteiger charge is -2.16. The van der Waals surface area contributed by atoms with Crippen LogP contribution in [0.1, 0.15) is 6.42 Å². The standard InChI is InChI=1S/C12H14N6/c1-18(11-4-2-6-15-11)12-8-10(16-9-17-12)14-7-3-5-13/h2,4,6,8-9,15H,3,7H2,1H3,(H,14,16,17). The topological polar surface area (TPSA) is 80.6 Å². The van der Waals surface area contributed by atoms with Gasteiger partial charge < -0.3 is 15.2 Å². The molecule has 0 unspecified atom stereocenters. The summed E-state index contributed by atoms with van der Waals surface area (Å²) in [7, 11) is 1.92. The highest BCUT2D eigenvalue weighted by atomic mass is 15.2. The summed E-state index contributed by atoms with van der Waals surface area (Å²) in [6.07, 6.45) is 3.81. The number of nitriles is 1. The smallest absolute Gasteiger partial charge is 0.139 e. The van der Waals surface area contributed by atoms with Crippen LogP contribution in [0, 0.1) is 11.3 Å². The zero-order valence-corrected chi connectivity index (χ0v) is 10.1. The third kappa shape index (κ3) is 2.77. The number of H-pyrrole nitrogens is 1. The predicted octanol–water partition coefficient (Wildman–Crippen LogP) is 1.90. The van der Waals surface area contributed by atoms with E-state index >= 15 is 0 Å². The molecule has 0 saturated heterocycles. The molecule has 0 bridgehead atoms. The van der Waals surface area contributed by atoms with Crippen molar-refractivity contribution >= 4 is 17.5 Å². The molecule has 0 saturated carbocycles. The molecule has 2 aromatic rings. The molecule has 2 rings (SSSR count).